The fraction of sp³-hybridized carbons (Fsp3) is 0.400. The summed E-state index contributed by atoms with van der Waals surface area (Å²) in [7, 11) is 4.07. The van der Waals surface area contributed by atoms with Crippen LogP contribution in [0.2, 0.25) is 0 Å². The molecule has 0 aliphatic rings. The fourth-order valence-electron chi connectivity index (χ4n) is 0.863. The first-order chi connectivity index (χ1) is 5.79. The van der Waals surface area contributed by atoms with Gasteiger partial charge in [0.05, 0.1) is 0 Å². The van der Waals surface area contributed by atoms with Gasteiger partial charge in [-0.1, -0.05) is 18.2 Å². The SMILES string of the molecule is CN(C)CCOc1ccccc1.[Br-].[Br-].[Mg+2]. The molecule has 1 aromatic rings. The number of likely N-dealkylation sites (N-methyl/N-ethyl adjacent to an activating group) is 1. The van der Waals surface area contributed by atoms with Gasteiger partial charge in [-0.05, 0) is 26.2 Å². The second kappa shape index (κ2) is 12.8. The molecule has 0 aliphatic heterocycles. The maximum Gasteiger partial charge on any atom is 2.00 e. The Morgan fingerprint density at radius 2 is 1.60 bits per heavy atom. The van der Waals surface area contributed by atoms with Crippen molar-refractivity contribution in [1.82, 2.24) is 4.90 Å². The Kier molecular flexibility index (Phi) is 17.9. The Morgan fingerprint density at radius 1 is 1.07 bits per heavy atom. The van der Waals surface area contributed by atoms with E-state index in [1.807, 2.05) is 44.4 Å². The van der Waals surface area contributed by atoms with Crippen LogP contribution in [0, 0.1) is 0 Å². The Morgan fingerprint density at radius 3 is 2.07 bits per heavy atom. The van der Waals surface area contributed by atoms with Gasteiger partial charge in [-0.25, -0.2) is 0 Å². The topological polar surface area (TPSA) is 12.5 Å². The first-order valence-electron chi connectivity index (χ1n) is 4.11. The zero-order valence-electron chi connectivity index (χ0n) is 9.12. The van der Waals surface area contributed by atoms with Gasteiger partial charge in [0.1, 0.15) is 12.4 Å². The Hall–Kier alpha value is 0.706. The number of halogens is 2. The number of hydrogen-bond acceptors (Lipinski definition) is 2. The number of para-hydroxylation sites is 1. The van der Waals surface area contributed by atoms with E-state index in [0.29, 0.717) is 0 Å². The van der Waals surface area contributed by atoms with Crippen LogP contribution in [0.4, 0.5) is 0 Å². The second-order valence-corrected chi connectivity index (χ2v) is 2.96. The summed E-state index contributed by atoms with van der Waals surface area (Å²) in [4.78, 5) is 2.10. The van der Waals surface area contributed by atoms with Gasteiger partial charge in [-0.2, -0.15) is 0 Å². The molecule has 0 saturated heterocycles. The summed E-state index contributed by atoms with van der Waals surface area (Å²) >= 11 is 0. The largest absolute Gasteiger partial charge is 2.00 e. The molecule has 1 aromatic carbocycles. The van der Waals surface area contributed by atoms with Gasteiger partial charge >= 0.3 is 23.1 Å². The van der Waals surface area contributed by atoms with E-state index in [-0.39, 0.29) is 57.0 Å². The van der Waals surface area contributed by atoms with Gasteiger partial charge in [0.15, 0.2) is 0 Å². The Balaban J connectivity index is -0.000000480. The molecule has 82 valence electrons. The van der Waals surface area contributed by atoms with Crippen molar-refractivity contribution in [2.75, 3.05) is 27.2 Å². The standard InChI is InChI=1S/C10H15NO.2BrH.Mg/c1-11(2)8-9-12-10-6-4-3-5-7-10;;;/h3-7H,8-9H2,1-2H3;2*1H;/q;;;+2/p-2. The van der Waals surface area contributed by atoms with Crippen LogP contribution in [0.15, 0.2) is 30.3 Å². The zero-order valence-corrected chi connectivity index (χ0v) is 13.7. The van der Waals surface area contributed by atoms with E-state index in [9.17, 15) is 0 Å². The van der Waals surface area contributed by atoms with Gasteiger partial charge in [-0.15, -0.1) is 0 Å². The van der Waals surface area contributed by atoms with Crippen molar-refractivity contribution in [2.45, 2.75) is 0 Å². The van der Waals surface area contributed by atoms with Crippen LogP contribution in [0.25, 0.3) is 0 Å². The van der Waals surface area contributed by atoms with Crippen molar-refractivity contribution < 1.29 is 38.7 Å². The summed E-state index contributed by atoms with van der Waals surface area (Å²) in [6.07, 6.45) is 0. The molecule has 0 aromatic heterocycles. The molecule has 0 aliphatic carbocycles. The van der Waals surface area contributed by atoms with E-state index in [1.165, 1.54) is 0 Å². The molecule has 0 N–H and O–H groups in total. The average molecular weight is 349 g/mol. The summed E-state index contributed by atoms with van der Waals surface area (Å²) in [5.74, 6) is 0.944. The number of hydrogen-bond donors (Lipinski definition) is 0. The van der Waals surface area contributed by atoms with E-state index in [2.05, 4.69) is 4.90 Å². The smallest absolute Gasteiger partial charge is 1.00 e. The molecule has 0 unspecified atom stereocenters. The molecule has 0 atom stereocenters. The zero-order chi connectivity index (χ0) is 8.81. The quantitative estimate of drug-likeness (QED) is 0.507. The van der Waals surface area contributed by atoms with Crippen LogP contribution in [0.5, 0.6) is 5.75 Å². The van der Waals surface area contributed by atoms with Gasteiger partial charge in [0, 0.05) is 6.54 Å². The van der Waals surface area contributed by atoms with Crippen LogP contribution < -0.4 is 38.7 Å². The fourth-order valence-corrected chi connectivity index (χ4v) is 0.863. The molecular formula is C10H15Br2MgNO. The third-order valence-electron chi connectivity index (χ3n) is 1.55. The molecule has 2 nitrogen and oxygen atoms in total. The second-order valence-electron chi connectivity index (χ2n) is 2.96. The molecule has 0 amide bonds. The molecule has 0 fully saturated rings. The average Bonchev–Trinajstić information content (AvgIpc) is 2.05. The predicted molar refractivity (Wildman–Crippen MR) is 56.2 cm³/mol. The van der Waals surface area contributed by atoms with Crippen molar-refractivity contribution in [3.8, 4) is 5.75 Å². The van der Waals surface area contributed by atoms with Crippen molar-refractivity contribution in [3.05, 3.63) is 30.3 Å². The molecule has 0 radical (unpaired) electrons. The van der Waals surface area contributed by atoms with E-state index >= 15 is 0 Å². The molecule has 1 rings (SSSR count). The van der Waals surface area contributed by atoms with E-state index in [4.69, 9.17) is 4.74 Å². The summed E-state index contributed by atoms with van der Waals surface area (Å²) in [5.41, 5.74) is 0. The normalized spacial score (nSPS) is 8.20. The van der Waals surface area contributed by atoms with Gasteiger partial charge in [0.2, 0.25) is 0 Å². The number of rotatable bonds is 4. The van der Waals surface area contributed by atoms with Crippen LogP contribution in [-0.4, -0.2) is 55.2 Å². The molecule has 15 heavy (non-hydrogen) atoms. The van der Waals surface area contributed by atoms with Crippen molar-refractivity contribution in [1.29, 1.82) is 0 Å². The van der Waals surface area contributed by atoms with Crippen molar-refractivity contribution in [2.24, 2.45) is 0 Å². The number of nitrogens with zero attached hydrogens (tertiary/aromatic N) is 1. The minimum atomic E-state index is 0. The first-order valence-corrected chi connectivity index (χ1v) is 4.11. The molecule has 0 bridgehead atoms. The maximum absolute atomic E-state index is 5.48. The minimum absolute atomic E-state index is 0. The van der Waals surface area contributed by atoms with Gasteiger partial charge in [-0.3, -0.25) is 0 Å². The van der Waals surface area contributed by atoms with E-state index in [1.54, 1.807) is 0 Å². The number of ether oxygens (including phenoxy) is 1. The Labute approximate surface area is 129 Å². The third kappa shape index (κ3) is 11.0. The van der Waals surface area contributed by atoms with Crippen LogP contribution in [0.3, 0.4) is 0 Å². The monoisotopic (exact) mass is 347 g/mol. The molecule has 0 saturated carbocycles. The molecule has 5 heteroatoms. The van der Waals surface area contributed by atoms with Gasteiger partial charge in [0.25, 0.3) is 0 Å². The van der Waals surface area contributed by atoms with Crippen molar-refractivity contribution in [3.63, 3.8) is 0 Å². The molecule has 0 heterocycles. The van der Waals surface area contributed by atoms with Crippen LogP contribution in [0.1, 0.15) is 0 Å². The van der Waals surface area contributed by atoms with Crippen molar-refractivity contribution >= 4 is 23.1 Å². The van der Waals surface area contributed by atoms with E-state index < -0.39 is 0 Å². The summed E-state index contributed by atoms with van der Waals surface area (Å²) in [6, 6.07) is 9.88. The number of benzene rings is 1. The minimum Gasteiger partial charge on any atom is -1.00 e. The first kappa shape index (κ1) is 21.0. The third-order valence-corrected chi connectivity index (χ3v) is 1.55. The summed E-state index contributed by atoms with van der Waals surface area (Å²) < 4.78 is 5.48. The van der Waals surface area contributed by atoms with Crippen LogP contribution in [-0.2, 0) is 0 Å². The van der Waals surface area contributed by atoms with Crippen LogP contribution >= 0.6 is 0 Å². The van der Waals surface area contributed by atoms with E-state index in [0.717, 1.165) is 18.9 Å². The molecule has 0 spiro atoms. The molecular weight excluding hydrogens is 334 g/mol. The van der Waals surface area contributed by atoms with Gasteiger partial charge < -0.3 is 43.6 Å². The summed E-state index contributed by atoms with van der Waals surface area (Å²) in [5, 5.41) is 0. The Bertz CT molecular complexity index is 222. The summed E-state index contributed by atoms with van der Waals surface area (Å²) in [6.45, 7) is 1.70. The predicted octanol–water partition coefficient (Wildman–Crippen LogP) is -4.75. The maximum atomic E-state index is 5.48.